The first-order valence-electron chi connectivity index (χ1n) is 4.66. The lowest BCUT2D eigenvalue weighted by Gasteiger charge is -2.17. The summed E-state index contributed by atoms with van der Waals surface area (Å²) >= 11 is 0. The maximum Gasteiger partial charge on any atom is 0.303 e. The molecule has 0 fully saturated rings. The van der Waals surface area contributed by atoms with Gasteiger partial charge in [-0.05, 0) is 23.6 Å². The molecule has 0 aliphatic rings. The van der Waals surface area contributed by atoms with Gasteiger partial charge >= 0.3 is 5.97 Å². The minimum atomic E-state index is -0.955. The van der Waals surface area contributed by atoms with Crippen LogP contribution >= 0.6 is 0 Å². The highest BCUT2D eigenvalue weighted by Crippen LogP contribution is 2.24. The van der Waals surface area contributed by atoms with Crippen LogP contribution in [0.2, 0.25) is 0 Å². The highest BCUT2D eigenvalue weighted by molar-refractivity contribution is 5.67. The summed E-state index contributed by atoms with van der Waals surface area (Å²) in [5.41, 5.74) is 0.533. The quantitative estimate of drug-likeness (QED) is 0.802. The molecule has 2 atom stereocenters. The Morgan fingerprint density at radius 1 is 1.40 bits per heavy atom. The lowest BCUT2D eigenvalue weighted by molar-refractivity contribution is -0.139. The first kappa shape index (κ1) is 11.7. The molecule has 15 heavy (non-hydrogen) atoms. The van der Waals surface area contributed by atoms with Crippen LogP contribution in [0.25, 0.3) is 0 Å². The fraction of sp³-hybridized carbons (Fsp3) is 0.364. The fourth-order valence-electron chi connectivity index (χ4n) is 1.38. The molecule has 1 aromatic carbocycles. The maximum absolute atomic E-state index is 12.6. The summed E-state index contributed by atoms with van der Waals surface area (Å²) in [7, 11) is 0. The summed E-state index contributed by atoms with van der Waals surface area (Å²) in [5, 5.41) is 18.3. The van der Waals surface area contributed by atoms with Crippen molar-refractivity contribution in [2.24, 2.45) is 5.92 Å². The van der Waals surface area contributed by atoms with Crippen LogP contribution in [-0.2, 0) is 4.79 Å². The molecule has 0 amide bonds. The van der Waals surface area contributed by atoms with Gasteiger partial charge in [0.1, 0.15) is 5.82 Å². The minimum absolute atomic E-state index is 0.113. The van der Waals surface area contributed by atoms with Crippen molar-refractivity contribution < 1.29 is 19.4 Å². The van der Waals surface area contributed by atoms with Crippen LogP contribution in [0, 0.1) is 11.7 Å². The molecule has 0 radical (unpaired) electrons. The van der Waals surface area contributed by atoms with Gasteiger partial charge < -0.3 is 10.2 Å². The number of rotatable bonds is 4. The average Bonchev–Trinajstić information content (AvgIpc) is 2.17. The smallest absolute Gasteiger partial charge is 0.303 e. The van der Waals surface area contributed by atoms with Crippen LogP contribution in [0.3, 0.4) is 0 Å². The number of halogens is 1. The van der Waals surface area contributed by atoms with Crippen molar-refractivity contribution in [2.45, 2.75) is 19.4 Å². The predicted octanol–water partition coefficient (Wildman–Crippen LogP) is 1.97. The molecule has 0 aliphatic heterocycles. The molecule has 0 aliphatic carbocycles. The van der Waals surface area contributed by atoms with Gasteiger partial charge in [0.2, 0.25) is 0 Å². The van der Waals surface area contributed by atoms with Crippen molar-refractivity contribution in [1.82, 2.24) is 0 Å². The second-order valence-corrected chi connectivity index (χ2v) is 3.57. The first-order chi connectivity index (χ1) is 7.00. The maximum atomic E-state index is 12.6. The number of aliphatic hydroxyl groups excluding tert-OH is 1. The van der Waals surface area contributed by atoms with Crippen LogP contribution in [0.5, 0.6) is 0 Å². The van der Waals surface area contributed by atoms with Gasteiger partial charge in [-0.25, -0.2) is 4.39 Å². The average molecular weight is 212 g/mol. The molecule has 2 N–H and O–H groups in total. The standard InChI is InChI=1S/C11H13FO3/c1-7(6-10(13)14)11(15)8-2-4-9(12)5-3-8/h2-5,7,11,15H,6H2,1H3,(H,13,14). The van der Waals surface area contributed by atoms with E-state index in [2.05, 4.69) is 0 Å². The third-order valence-electron chi connectivity index (χ3n) is 2.25. The molecular weight excluding hydrogens is 199 g/mol. The molecule has 1 rings (SSSR count). The van der Waals surface area contributed by atoms with E-state index in [-0.39, 0.29) is 12.2 Å². The van der Waals surface area contributed by atoms with Gasteiger partial charge in [-0.2, -0.15) is 0 Å². The molecule has 3 nitrogen and oxygen atoms in total. The van der Waals surface area contributed by atoms with Crippen molar-refractivity contribution in [1.29, 1.82) is 0 Å². The van der Waals surface area contributed by atoms with Crippen molar-refractivity contribution in [2.75, 3.05) is 0 Å². The van der Waals surface area contributed by atoms with E-state index in [4.69, 9.17) is 5.11 Å². The Morgan fingerprint density at radius 2 is 1.93 bits per heavy atom. The number of hydrogen-bond acceptors (Lipinski definition) is 2. The third-order valence-corrected chi connectivity index (χ3v) is 2.25. The summed E-state index contributed by atoms with van der Waals surface area (Å²) < 4.78 is 12.6. The zero-order valence-corrected chi connectivity index (χ0v) is 8.35. The Kier molecular flexibility index (Phi) is 3.80. The van der Waals surface area contributed by atoms with E-state index in [1.807, 2.05) is 0 Å². The van der Waals surface area contributed by atoms with E-state index in [1.54, 1.807) is 6.92 Å². The molecule has 0 heterocycles. The Balaban J connectivity index is 2.71. The summed E-state index contributed by atoms with van der Waals surface area (Å²) in [4.78, 5) is 10.4. The molecule has 4 heteroatoms. The van der Waals surface area contributed by atoms with Crippen LogP contribution in [0.1, 0.15) is 25.0 Å². The fourth-order valence-corrected chi connectivity index (χ4v) is 1.38. The molecule has 0 spiro atoms. The number of hydrogen-bond donors (Lipinski definition) is 2. The topological polar surface area (TPSA) is 57.5 Å². The number of carboxylic acids is 1. The molecule has 0 saturated carbocycles. The Labute approximate surface area is 87.2 Å². The van der Waals surface area contributed by atoms with Crippen LogP contribution in [-0.4, -0.2) is 16.2 Å². The molecular formula is C11H13FO3. The second kappa shape index (κ2) is 4.89. The van der Waals surface area contributed by atoms with E-state index in [9.17, 15) is 14.3 Å². The predicted molar refractivity (Wildman–Crippen MR) is 52.8 cm³/mol. The van der Waals surface area contributed by atoms with E-state index in [1.165, 1.54) is 24.3 Å². The molecule has 82 valence electrons. The van der Waals surface area contributed by atoms with Gasteiger partial charge in [-0.1, -0.05) is 19.1 Å². The third kappa shape index (κ3) is 3.32. The highest BCUT2D eigenvalue weighted by Gasteiger charge is 2.18. The molecule has 1 aromatic rings. The zero-order valence-electron chi connectivity index (χ0n) is 8.35. The van der Waals surface area contributed by atoms with Crippen LogP contribution in [0.4, 0.5) is 4.39 Å². The van der Waals surface area contributed by atoms with E-state index in [0.717, 1.165) is 0 Å². The number of aliphatic hydroxyl groups is 1. The monoisotopic (exact) mass is 212 g/mol. The first-order valence-corrected chi connectivity index (χ1v) is 4.66. The van der Waals surface area contributed by atoms with Crippen molar-refractivity contribution in [3.05, 3.63) is 35.6 Å². The lowest BCUT2D eigenvalue weighted by Crippen LogP contribution is -2.13. The van der Waals surface area contributed by atoms with E-state index >= 15 is 0 Å². The Hall–Kier alpha value is -1.42. The van der Waals surface area contributed by atoms with E-state index < -0.39 is 18.0 Å². The molecule has 0 saturated heterocycles. The SMILES string of the molecule is CC(CC(=O)O)C(O)c1ccc(F)cc1. The van der Waals surface area contributed by atoms with Crippen LogP contribution in [0.15, 0.2) is 24.3 Å². The van der Waals surface area contributed by atoms with Crippen molar-refractivity contribution in [3.63, 3.8) is 0 Å². The number of carbonyl (C=O) groups is 1. The van der Waals surface area contributed by atoms with Gasteiger partial charge in [0.05, 0.1) is 12.5 Å². The largest absolute Gasteiger partial charge is 0.481 e. The highest BCUT2D eigenvalue weighted by atomic mass is 19.1. The van der Waals surface area contributed by atoms with Crippen molar-refractivity contribution >= 4 is 5.97 Å². The van der Waals surface area contributed by atoms with Crippen LogP contribution < -0.4 is 0 Å². The zero-order chi connectivity index (χ0) is 11.4. The van der Waals surface area contributed by atoms with Gasteiger partial charge in [0.15, 0.2) is 0 Å². The van der Waals surface area contributed by atoms with Crippen molar-refractivity contribution in [3.8, 4) is 0 Å². The van der Waals surface area contributed by atoms with Gasteiger partial charge in [0.25, 0.3) is 0 Å². The number of benzene rings is 1. The van der Waals surface area contributed by atoms with E-state index in [0.29, 0.717) is 5.56 Å². The Morgan fingerprint density at radius 3 is 2.40 bits per heavy atom. The summed E-state index contributed by atoms with van der Waals surface area (Å²) in [6.07, 6.45) is -0.986. The normalized spacial score (nSPS) is 14.6. The van der Waals surface area contributed by atoms with Gasteiger partial charge in [0, 0.05) is 0 Å². The summed E-state index contributed by atoms with van der Waals surface area (Å²) in [6, 6.07) is 5.40. The number of carboxylic acid groups (broad SMARTS) is 1. The molecule has 0 aromatic heterocycles. The lowest BCUT2D eigenvalue weighted by atomic mass is 9.95. The molecule has 0 bridgehead atoms. The van der Waals surface area contributed by atoms with Gasteiger partial charge in [-0.15, -0.1) is 0 Å². The van der Waals surface area contributed by atoms with Gasteiger partial charge in [-0.3, -0.25) is 4.79 Å². The second-order valence-electron chi connectivity index (χ2n) is 3.57. The molecule has 2 unspecified atom stereocenters. The minimum Gasteiger partial charge on any atom is -0.481 e. The summed E-state index contributed by atoms with van der Waals surface area (Å²) in [5.74, 6) is -1.73. The number of aliphatic carboxylic acids is 1. The Bertz CT molecular complexity index is 334. The summed E-state index contributed by atoms with van der Waals surface area (Å²) in [6.45, 7) is 1.64.